The zero-order valence-corrected chi connectivity index (χ0v) is 17.6. The third kappa shape index (κ3) is 3.80. The molecular weight excluding hydrogens is 364 g/mol. The van der Waals surface area contributed by atoms with Crippen LogP contribution in [0.5, 0.6) is 0 Å². The molecule has 4 rings (SSSR count). The summed E-state index contributed by atoms with van der Waals surface area (Å²) < 4.78 is 7.67. The summed E-state index contributed by atoms with van der Waals surface area (Å²) in [5.41, 5.74) is 1.80. The average molecular weight is 395 g/mol. The minimum absolute atomic E-state index is 0.124. The molecule has 1 fully saturated rings. The summed E-state index contributed by atoms with van der Waals surface area (Å²) in [6, 6.07) is 8.24. The zero-order valence-electron chi connectivity index (χ0n) is 17.6. The number of unbranched alkanes of at least 4 members (excludes halogenated alkanes) is 2. The topological polar surface area (TPSA) is 64.2 Å². The molecule has 6 heteroatoms. The van der Waals surface area contributed by atoms with Crippen LogP contribution in [0.3, 0.4) is 0 Å². The molecule has 1 aliphatic heterocycles. The fourth-order valence-corrected chi connectivity index (χ4v) is 4.26. The van der Waals surface area contributed by atoms with Gasteiger partial charge in [-0.3, -0.25) is 4.79 Å². The van der Waals surface area contributed by atoms with Crippen LogP contribution in [0.25, 0.3) is 10.9 Å². The number of fused-ring (bicyclic) bond motifs is 1. The molecule has 0 radical (unpaired) electrons. The maximum Gasteiger partial charge on any atom is 0.256 e. The van der Waals surface area contributed by atoms with Crippen LogP contribution in [-0.2, 0) is 12.0 Å². The van der Waals surface area contributed by atoms with E-state index in [0.717, 1.165) is 42.3 Å². The van der Waals surface area contributed by atoms with Gasteiger partial charge in [0.1, 0.15) is 0 Å². The SMILES string of the molecule is CCCCCn1cc(C(=O)N2CCC(C)(c3nc(C)no3)CC2)c2ccccc21. The van der Waals surface area contributed by atoms with Crippen LogP contribution in [0, 0.1) is 6.92 Å². The molecule has 3 heterocycles. The number of hydrogen-bond donors (Lipinski definition) is 0. The molecule has 0 spiro atoms. The summed E-state index contributed by atoms with van der Waals surface area (Å²) in [4.78, 5) is 19.8. The highest BCUT2D eigenvalue weighted by molar-refractivity contribution is 6.07. The van der Waals surface area contributed by atoms with Crippen molar-refractivity contribution in [2.45, 2.75) is 64.8 Å². The van der Waals surface area contributed by atoms with Gasteiger partial charge < -0.3 is 14.0 Å². The summed E-state index contributed by atoms with van der Waals surface area (Å²) in [6.45, 7) is 8.56. The van der Waals surface area contributed by atoms with Gasteiger partial charge in [-0.1, -0.05) is 50.0 Å². The molecule has 2 aromatic heterocycles. The second kappa shape index (κ2) is 8.01. The molecule has 0 atom stereocenters. The van der Waals surface area contributed by atoms with Crippen LogP contribution in [-0.4, -0.2) is 38.6 Å². The first-order chi connectivity index (χ1) is 14.0. The first-order valence-electron chi connectivity index (χ1n) is 10.7. The lowest BCUT2D eigenvalue weighted by molar-refractivity contribution is 0.0655. The smallest absolute Gasteiger partial charge is 0.256 e. The molecule has 0 bridgehead atoms. The summed E-state index contributed by atoms with van der Waals surface area (Å²) in [5, 5.41) is 4.99. The van der Waals surface area contributed by atoms with E-state index in [9.17, 15) is 4.79 Å². The van der Waals surface area contributed by atoms with E-state index >= 15 is 0 Å². The van der Waals surface area contributed by atoms with Crippen molar-refractivity contribution in [3.8, 4) is 0 Å². The molecule has 1 amide bonds. The highest BCUT2D eigenvalue weighted by Crippen LogP contribution is 2.35. The van der Waals surface area contributed by atoms with Crippen LogP contribution in [0.2, 0.25) is 0 Å². The number of rotatable bonds is 6. The van der Waals surface area contributed by atoms with Crippen LogP contribution in [0.4, 0.5) is 0 Å². The Kier molecular flexibility index (Phi) is 5.43. The third-order valence-corrected chi connectivity index (χ3v) is 6.22. The van der Waals surface area contributed by atoms with Gasteiger partial charge in [0.2, 0.25) is 5.89 Å². The lowest BCUT2D eigenvalue weighted by Crippen LogP contribution is -2.44. The Balaban J connectivity index is 1.52. The van der Waals surface area contributed by atoms with Gasteiger partial charge in [0.15, 0.2) is 5.82 Å². The van der Waals surface area contributed by atoms with Gasteiger partial charge in [-0.05, 0) is 32.3 Å². The monoisotopic (exact) mass is 394 g/mol. The van der Waals surface area contributed by atoms with E-state index in [2.05, 4.69) is 46.9 Å². The maximum absolute atomic E-state index is 13.4. The number of nitrogens with zero attached hydrogens (tertiary/aromatic N) is 4. The van der Waals surface area contributed by atoms with E-state index < -0.39 is 0 Å². The average Bonchev–Trinajstić information content (AvgIpc) is 3.33. The number of amides is 1. The van der Waals surface area contributed by atoms with Crippen molar-refractivity contribution >= 4 is 16.8 Å². The van der Waals surface area contributed by atoms with Crippen molar-refractivity contribution < 1.29 is 9.32 Å². The van der Waals surface area contributed by atoms with Crippen LogP contribution in [0.1, 0.15) is 68.0 Å². The first kappa shape index (κ1) is 19.7. The van der Waals surface area contributed by atoms with E-state index in [1.54, 1.807) is 0 Å². The predicted octanol–water partition coefficient (Wildman–Crippen LogP) is 4.72. The standard InChI is InChI=1S/C23H30N4O2/c1-4-5-8-13-27-16-19(18-9-6-7-10-20(18)27)21(28)26-14-11-23(3,12-15-26)22-24-17(2)25-29-22/h6-7,9-10,16H,4-5,8,11-15H2,1-3H3. The Labute approximate surface area is 171 Å². The molecule has 154 valence electrons. The van der Waals surface area contributed by atoms with E-state index in [1.165, 1.54) is 12.8 Å². The number of hydrogen-bond acceptors (Lipinski definition) is 4. The molecule has 1 aromatic carbocycles. The van der Waals surface area contributed by atoms with Gasteiger partial charge in [-0.25, -0.2) is 0 Å². The maximum atomic E-state index is 13.4. The number of benzene rings is 1. The lowest BCUT2D eigenvalue weighted by atomic mass is 9.80. The summed E-state index contributed by atoms with van der Waals surface area (Å²) in [6.07, 6.45) is 7.24. The number of carbonyl (C=O) groups excluding carboxylic acids is 1. The Morgan fingerprint density at radius 2 is 1.97 bits per heavy atom. The Morgan fingerprint density at radius 1 is 1.21 bits per heavy atom. The van der Waals surface area contributed by atoms with Gasteiger partial charge >= 0.3 is 0 Å². The van der Waals surface area contributed by atoms with Crippen LogP contribution >= 0.6 is 0 Å². The predicted molar refractivity (Wildman–Crippen MR) is 113 cm³/mol. The molecule has 3 aromatic rings. The van der Waals surface area contributed by atoms with Gasteiger partial charge in [0, 0.05) is 36.7 Å². The Morgan fingerprint density at radius 3 is 2.66 bits per heavy atom. The van der Waals surface area contributed by atoms with Crippen molar-refractivity contribution in [3.63, 3.8) is 0 Å². The van der Waals surface area contributed by atoms with E-state index in [0.29, 0.717) is 24.8 Å². The molecule has 0 N–H and O–H groups in total. The highest BCUT2D eigenvalue weighted by atomic mass is 16.5. The van der Waals surface area contributed by atoms with E-state index in [1.807, 2.05) is 24.0 Å². The van der Waals surface area contributed by atoms with E-state index in [-0.39, 0.29) is 11.3 Å². The number of likely N-dealkylation sites (tertiary alicyclic amines) is 1. The fraction of sp³-hybridized carbons (Fsp3) is 0.522. The van der Waals surface area contributed by atoms with Gasteiger partial charge in [0.05, 0.1) is 11.0 Å². The largest absolute Gasteiger partial charge is 0.347 e. The van der Waals surface area contributed by atoms with Crippen molar-refractivity contribution in [2.75, 3.05) is 13.1 Å². The number of carbonyl (C=O) groups is 1. The van der Waals surface area contributed by atoms with Crippen LogP contribution in [0.15, 0.2) is 35.0 Å². The fourth-order valence-electron chi connectivity index (χ4n) is 4.26. The molecular formula is C23H30N4O2. The van der Waals surface area contributed by atoms with Crippen LogP contribution < -0.4 is 0 Å². The molecule has 1 aliphatic rings. The minimum Gasteiger partial charge on any atom is -0.347 e. The van der Waals surface area contributed by atoms with Crippen molar-refractivity contribution in [2.24, 2.45) is 0 Å². The molecule has 1 saturated heterocycles. The summed E-state index contributed by atoms with van der Waals surface area (Å²) >= 11 is 0. The molecule has 6 nitrogen and oxygen atoms in total. The second-order valence-electron chi connectivity index (χ2n) is 8.46. The van der Waals surface area contributed by atoms with Gasteiger partial charge in [0.25, 0.3) is 5.91 Å². The van der Waals surface area contributed by atoms with Crippen molar-refractivity contribution in [1.82, 2.24) is 19.6 Å². The summed E-state index contributed by atoms with van der Waals surface area (Å²) in [5.74, 6) is 1.48. The van der Waals surface area contributed by atoms with Gasteiger partial charge in [-0.15, -0.1) is 0 Å². The zero-order chi connectivity index (χ0) is 20.4. The number of piperidine rings is 1. The molecule has 0 unspecified atom stereocenters. The Hall–Kier alpha value is -2.63. The Bertz CT molecular complexity index is 995. The van der Waals surface area contributed by atoms with Gasteiger partial charge in [-0.2, -0.15) is 4.98 Å². The third-order valence-electron chi connectivity index (χ3n) is 6.22. The van der Waals surface area contributed by atoms with Crippen molar-refractivity contribution in [1.29, 1.82) is 0 Å². The van der Waals surface area contributed by atoms with E-state index in [4.69, 9.17) is 4.52 Å². The number of aromatic nitrogens is 3. The molecule has 29 heavy (non-hydrogen) atoms. The molecule has 0 saturated carbocycles. The first-order valence-corrected chi connectivity index (χ1v) is 10.7. The summed E-state index contributed by atoms with van der Waals surface area (Å²) in [7, 11) is 0. The lowest BCUT2D eigenvalue weighted by Gasteiger charge is -2.36. The number of para-hydroxylation sites is 1. The normalized spacial score (nSPS) is 16.4. The molecule has 0 aliphatic carbocycles. The quantitative estimate of drug-likeness (QED) is 0.568. The second-order valence-corrected chi connectivity index (χ2v) is 8.46. The highest BCUT2D eigenvalue weighted by Gasteiger charge is 2.38. The van der Waals surface area contributed by atoms with Crippen molar-refractivity contribution in [3.05, 3.63) is 47.7 Å². The minimum atomic E-state index is -0.161. The number of aryl methyl sites for hydroxylation is 2.